The van der Waals surface area contributed by atoms with Crippen molar-refractivity contribution in [3.8, 4) is 28.7 Å². The van der Waals surface area contributed by atoms with Gasteiger partial charge in [-0.05, 0) is 48.9 Å². The highest BCUT2D eigenvalue weighted by Crippen LogP contribution is 2.33. The van der Waals surface area contributed by atoms with Crippen molar-refractivity contribution in [1.82, 2.24) is 4.57 Å². The Kier molecular flexibility index (Phi) is 5.03. The molecule has 0 unspecified atom stereocenters. The van der Waals surface area contributed by atoms with Crippen LogP contribution in [0.15, 0.2) is 75.7 Å². The second-order valence-electron chi connectivity index (χ2n) is 6.67. The topological polar surface area (TPSA) is 58.1 Å². The molecule has 5 rings (SSSR count). The molecule has 6 nitrogen and oxygen atoms in total. The zero-order valence-electron chi connectivity index (χ0n) is 16.4. The molecule has 0 radical (unpaired) electrons. The van der Waals surface area contributed by atoms with Crippen LogP contribution in [0.4, 0.5) is 5.69 Å². The molecule has 2 aromatic carbocycles. The van der Waals surface area contributed by atoms with Crippen LogP contribution in [-0.4, -0.2) is 18.0 Å². The van der Waals surface area contributed by atoms with Gasteiger partial charge in [-0.1, -0.05) is 18.2 Å². The lowest BCUT2D eigenvalue weighted by atomic mass is 10.2. The van der Waals surface area contributed by atoms with Gasteiger partial charge in [-0.15, -0.1) is 11.3 Å². The number of fused-ring (bicyclic) bond motifs is 1. The Morgan fingerprint density at radius 3 is 2.83 bits per heavy atom. The summed E-state index contributed by atoms with van der Waals surface area (Å²) < 4.78 is 24.5. The van der Waals surface area contributed by atoms with Crippen LogP contribution in [0.5, 0.6) is 17.2 Å². The number of hydrogen-bond acceptors (Lipinski definition) is 6. The van der Waals surface area contributed by atoms with Gasteiger partial charge in [0.05, 0.1) is 25.1 Å². The maximum absolute atomic E-state index is 5.75. The van der Waals surface area contributed by atoms with E-state index in [4.69, 9.17) is 23.6 Å². The number of rotatable bonds is 6. The van der Waals surface area contributed by atoms with Crippen molar-refractivity contribution in [3.05, 3.63) is 76.6 Å². The van der Waals surface area contributed by atoms with E-state index in [0.29, 0.717) is 13.2 Å². The summed E-state index contributed by atoms with van der Waals surface area (Å²) >= 11 is 1.57. The summed E-state index contributed by atoms with van der Waals surface area (Å²) in [7, 11) is 0. The molecule has 0 amide bonds. The van der Waals surface area contributed by atoms with Crippen molar-refractivity contribution < 1.29 is 18.6 Å². The third-order valence-electron chi connectivity index (χ3n) is 4.73. The molecule has 0 bridgehead atoms. The fourth-order valence-electron chi connectivity index (χ4n) is 3.35. The maximum Gasteiger partial charge on any atom is 0.231 e. The first-order chi connectivity index (χ1) is 14.8. The van der Waals surface area contributed by atoms with Crippen molar-refractivity contribution in [3.63, 3.8) is 0 Å². The summed E-state index contributed by atoms with van der Waals surface area (Å²) in [6.45, 7) is 3.44. The molecule has 0 aliphatic carbocycles. The lowest BCUT2D eigenvalue weighted by molar-refractivity contribution is 0.174. The van der Waals surface area contributed by atoms with Crippen LogP contribution in [0.3, 0.4) is 0 Å². The Balaban J connectivity index is 1.60. The summed E-state index contributed by atoms with van der Waals surface area (Å²) in [6.07, 6.45) is 1.68. The van der Waals surface area contributed by atoms with E-state index < -0.39 is 0 Å². The lowest BCUT2D eigenvalue weighted by Crippen LogP contribution is -2.16. The number of nitrogens with zero attached hydrogens (tertiary/aromatic N) is 2. The normalized spacial score (nSPS) is 13.0. The number of hydrogen-bond donors (Lipinski definition) is 0. The van der Waals surface area contributed by atoms with Crippen molar-refractivity contribution in [2.24, 2.45) is 4.99 Å². The molecule has 0 saturated heterocycles. The zero-order chi connectivity index (χ0) is 20.3. The molecule has 7 heteroatoms. The Morgan fingerprint density at radius 2 is 1.97 bits per heavy atom. The number of ether oxygens (including phenoxy) is 3. The monoisotopic (exact) mass is 420 g/mol. The van der Waals surface area contributed by atoms with Gasteiger partial charge in [-0.25, -0.2) is 4.99 Å². The Bertz CT molecular complexity index is 1220. The van der Waals surface area contributed by atoms with Gasteiger partial charge in [0.25, 0.3) is 0 Å². The highest BCUT2D eigenvalue weighted by Gasteiger charge is 2.16. The average Bonchev–Trinajstić information content (AvgIpc) is 3.51. The van der Waals surface area contributed by atoms with E-state index in [1.54, 1.807) is 17.6 Å². The van der Waals surface area contributed by atoms with Crippen LogP contribution >= 0.6 is 11.3 Å². The second-order valence-corrected chi connectivity index (χ2v) is 7.50. The molecule has 152 valence electrons. The first-order valence-electron chi connectivity index (χ1n) is 9.69. The molecule has 2 aromatic heterocycles. The van der Waals surface area contributed by atoms with Crippen LogP contribution in [0.1, 0.15) is 12.5 Å². The minimum atomic E-state index is 0.261. The number of aromatic nitrogens is 1. The molecule has 4 aromatic rings. The minimum Gasteiger partial charge on any atom is -0.492 e. The molecule has 0 spiro atoms. The molecule has 0 fully saturated rings. The van der Waals surface area contributed by atoms with Crippen LogP contribution in [0, 0.1) is 0 Å². The third-order valence-corrected chi connectivity index (χ3v) is 5.59. The Hall–Kier alpha value is -3.45. The largest absolute Gasteiger partial charge is 0.492 e. The van der Waals surface area contributed by atoms with Gasteiger partial charge in [0.15, 0.2) is 22.1 Å². The predicted octanol–water partition coefficient (Wildman–Crippen LogP) is 5.22. The van der Waals surface area contributed by atoms with Crippen molar-refractivity contribution in [2.45, 2.75) is 13.5 Å². The molecular formula is C23H20N2O4S. The summed E-state index contributed by atoms with van der Waals surface area (Å²) in [5.41, 5.74) is 2.85. The van der Waals surface area contributed by atoms with Gasteiger partial charge in [0, 0.05) is 5.38 Å². The van der Waals surface area contributed by atoms with Crippen molar-refractivity contribution >= 4 is 17.0 Å². The van der Waals surface area contributed by atoms with E-state index in [0.717, 1.165) is 44.8 Å². The van der Waals surface area contributed by atoms with Crippen LogP contribution in [0.2, 0.25) is 0 Å². The van der Waals surface area contributed by atoms with E-state index in [2.05, 4.69) is 9.95 Å². The van der Waals surface area contributed by atoms with Crippen molar-refractivity contribution in [1.29, 1.82) is 0 Å². The quantitative estimate of drug-likeness (QED) is 0.429. The highest BCUT2D eigenvalue weighted by molar-refractivity contribution is 7.07. The van der Waals surface area contributed by atoms with Gasteiger partial charge in [-0.3, -0.25) is 0 Å². The van der Waals surface area contributed by atoms with Gasteiger partial charge in [0.2, 0.25) is 6.79 Å². The summed E-state index contributed by atoms with van der Waals surface area (Å²) in [5.74, 6) is 3.10. The van der Waals surface area contributed by atoms with Gasteiger partial charge in [-0.2, -0.15) is 0 Å². The Labute approximate surface area is 177 Å². The number of benzene rings is 2. The highest BCUT2D eigenvalue weighted by atomic mass is 32.1. The van der Waals surface area contributed by atoms with E-state index in [1.165, 1.54) is 0 Å². The smallest absolute Gasteiger partial charge is 0.231 e. The standard InChI is InChI=1S/C23H20N2O4S/c1-2-26-19-7-4-3-6-17(19)24-23-25(18(14-30-23)20-8-5-11-27-20)13-16-9-10-21-22(12-16)29-15-28-21/h3-12,14H,2,13,15H2,1H3. The number of thiazole rings is 1. The Morgan fingerprint density at radius 1 is 1.07 bits per heavy atom. The third kappa shape index (κ3) is 3.59. The molecular weight excluding hydrogens is 400 g/mol. The SMILES string of the molecule is CCOc1ccccc1N=c1scc(-c2ccco2)n1Cc1ccc2c(c1)OCO2. The average molecular weight is 420 g/mol. The van der Waals surface area contributed by atoms with Crippen molar-refractivity contribution in [2.75, 3.05) is 13.4 Å². The van der Waals surface area contributed by atoms with Gasteiger partial charge in [0.1, 0.15) is 11.4 Å². The fraction of sp³-hybridized carbons (Fsp3) is 0.174. The van der Waals surface area contributed by atoms with Gasteiger partial charge >= 0.3 is 0 Å². The molecule has 0 atom stereocenters. The maximum atomic E-state index is 5.75. The van der Waals surface area contributed by atoms with E-state index in [9.17, 15) is 0 Å². The molecule has 0 N–H and O–H groups in total. The zero-order valence-corrected chi connectivity index (χ0v) is 17.2. The molecule has 30 heavy (non-hydrogen) atoms. The second kappa shape index (κ2) is 8.12. The first kappa shape index (κ1) is 18.6. The molecule has 0 saturated carbocycles. The predicted molar refractivity (Wildman–Crippen MR) is 115 cm³/mol. The lowest BCUT2D eigenvalue weighted by Gasteiger charge is -2.09. The molecule has 1 aliphatic rings. The van der Waals surface area contributed by atoms with Crippen LogP contribution in [0.25, 0.3) is 11.5 Å². The summed E-state index contributed by atoms with van der Waals surface area (Å²) in [4.78, 5) is 5.77. The van der Waals surface area contributed by atoms with Gasteiger partial charge < -0.3 is 23.2 Å². The molecule has 1 aliphatic heterocycles. The number of furan rings is 1. The number of para-hydroxylation sites is 2. The first-order valence-corrected chi connectivity index (χ1v) is 10.6. The van der Waals surface area contributed by atoms with Crippen LogP contribution < -0.4 is 19.0 Å². The van der Waals surface area contributed by atoms with E-state index >= 15 is 0 Å². The van der Waals surface area contributed by atoms with E-state index in [1.807, 2.05) is 61.5 Å². The minimum absolute atomic E-state index is 0.261. The summed E-state index contributed by atoms with van der Waals surface area (Å²) in [6, 6.07) is 17.7. The summed E-state index contributed by atoms with van der Waals surface area (Å²) in [5, 5.41) is 2.06. The fourth-order valence-corrected chi connectivity index (χ4v) is 4.25. The van der Waals surface area contributed by atoms with E-state index in [-0.39, 0.29) is 6.79 Å². The van der Waals surface area contributed by atoms with Crippen LogP contribution in [-0.2, 0) is 6.54 Å². The molecule has 3 heterocycles.